The highest BCUT2D eigenvalue weighted by molar-refractivity contribution is 6.15. The second kappa shape index (κ2) is 11.2. The number of nitrogens with zero attached hydrogens (tertiary/aromatic N) is 3. The van der Waals surface area contributed by atoms with Crippen LogP contribution in [0.3, 0.4) is 0 Å². The van der Waals surface area contributed by atoms with Crippen molar-refractivity contribution in [2.45, 2.75) is 0 Å². The minimum atomic E-state index is 0.614. The molecule has 0 aliphatic carbocycles. The molecule has 4 nitrogen and oxygen atoms in total. The minimum Gasteiger partial charge on any atom is -0.455 e. The van der Waals surface area contributed by atoms with E-state index in [4.69, 9.17) is 14.4 Å². The molecule has 3 aromatic heterocycles. The Balaban J connectivity index is 1.30. The van der Waals surface area contributed by atoms with Gasteiger partial charge >= 0.3 is 0 Å². The Morgan fingerprint density at radius 1 is 0.404 bits per heavy atom. The van der Waals surface area contributed by atoms with Gasteiger partial charge in [-0.15, -0.1) is 0 Å². The highest BCUT2D eigenvalue weighted by atomic mass is 16.3. The van der Waals surface area contributed by atoms with Crippen LogP contribution in [-0.2, 0) is 0 Å². The summed E-state index contributed by atoms with van der Waals surface area (Å²) in [6, 6.07) is 61.9. The van der Waals surface area contributed by atoms with E-state index in [1.165, 1.54) is 16.2 Å². The first-order valence-electron chi connectivity index (χ1n) is 17.6. The molecule has 11 aromatic rings. The normalized spacial score (nSPS) is 11.8. The van der Waals surface area contributed by atoms with Gasteiger partial charge in [-0.2, -0.15) is 0 Å². The molecule has 0 N–H and O–H groups in total. The molecule has 0 radical (unpaired) electrons. The van der Waals surface area contributed by atoms with Gasteiger partial charge in [-0.3, -0.25) is 4.57 Å². The summed E-state index contributed by atoms with van der Waals surface area (Å²) in [7, 11) is 0. The minimum absolute atomic E-state index is 0.614. The SMILES string of the molecule is c1ccc(-c2cc3nc(-n4c5ccccc5c5cc6ccccc6cc54)nc(-c4cccc5c4oc4ccccc45)c3cc2-c2ccccc2)cc1. The van der Waals surface area contributed by atoms with Crippen molar-refractivity contribution >= 4 is 65.4 Å². The summed E-state index contributed by atoms with van der Waals surface area (Å²) < 4.78 is 8.88. The van der Waals surface area contributed by atoms with Crippen LogP contribution in [0.5, 0.6) is 0 Å². The molecule has 52 heavy (non-hydrogen) atoms. The molecule has 0 bridgehead atoms. The van der Waals surface area contributed by atoms with Crippen molar-refractivity contribution in [1.82, 2.24) is 14.5 Å². The summed E-state index contributed by atoms with van der Waals surface area (Å²) in [6.07, 6.45) is 0. The van der Waals surface area contributed by atoms with Gasteiger partial charge in [-0.25, -0.2) is 9.97 Å². The number of aromatic nitrogens is 3. The van der Waals surface area contributed by atoms with E-state index in [0.29, 0.717) is 5.95 Å². The van der Waals surface area contributed by atoms with Crippen molar-refractivity contribution in [3.63, 3.8) is 0 Å². The van der Waals surface area contributed by atoms with Gasteiger partial charge in [0.15, 0.2) is 0 Å². The van der Waals surface area contributed by atoms with Gasteiger partial charge in [0.2, 0.25) is 5.95 Å². The van der Waals surface area contributed by atoms with Crippen molar-refractivity contribution in [2.24, 2.45) is 0 Å². The molecule has 0 aliphatic rings. The Labute approximate surface area is 298 Å². The fourth-order valence-electron chi connectivity index (χ4n) is 7.99. The van der Waals surface area contributed by atoms with Crippen molar-refractivity contribution < 1.29 is 4.42 Å². The van der Waals surface area contributed by atoms with E-state index in [0.717, 1.165) is 82.8 Å². The maximum Gasteiger partial charge on any atom is 0.235 e. The van der Waals surface area contributed by atoms with Crippen LogP contribution in [0.15, 0.2) is 180 Å². The zero-order chi connectivity index (χ0) is 34.2. The van der Waals surface area contributed by atoms with Crippen molar-refractivity contribution in [3.8, 4) is 39.5 Å². The molecule has 0 unspecified atom stereocenters. The zero-order valence-electron chi connectivity index (χ0n) is 28.0. The van der Waals surface area contributed by atoms with Crippen LogP contribution in [0, 0.1) is 0 Å². The monoisotopic (exact) mass is 663 g/mol. The van der Waals surface area contributed by atoms with E-state index >= 15 is 0 Å². The third-order valence-electron chi connectivity index (χ3n) is 10.4. The van der Waals surface area contributed by atoms with Crippen LogP contribution in [0.25, 0.3) is 105 Å². The Hall–Kier alpha value is -7.04. The second-order valence-corrected chi connectivity index (χ2v) is 13.4. The molecule has 3 heterocycles. The number of hydrogen-bond donors (Lipinski definition) is 0. The van der Waals surface area contributed by atoms with E-state index in [9.17, 15) is 0 Å². The van der Waals surface area contributed by atoms with Gasteiger partial charge < -0.3 is 4.42 Å². The van der Waals surface area contributed by atoms with Gasteiger partial charge in [-0.05, 0) is 75.5 Å². The highest BCUT2D eigenvalue weighted by Crippen LogP contribution is 2.42. The fourth-order valence-corrected chi connectivity index (χ4v) is 7.99. The predicted molar refractivity (Wildman–Crippen MR) is 215 cm³/mol. The Kier molecular flexibility index (Phi) is 6.22. The van der Waals surface area contributed by atoms with Crippen molar-refractivity contribution in [3.05, 3.63) is 176 Å². The van der Waals surface area contributed by atoms with E-state index in [1.54, 1.807) is 0 Å². The maximum atomic E-state index is 6.65. The number of benzene rings is 8. The molecule has 4 heteroatoms. The third-order valence-corrected chi connectivity index (χ3v) is 10.4. The summed E-state index contributed by atoms with van der Waals surface area (Å²) in [5.74, 6) is 0.614. The predicted octanol–water partition coefficient (Wildman–Crippen LogP) is 12.8. The summed E-state index contributed by atoms with van der Waals surface area (Å²) in [5, 5.41) is 7.82. The smallest absolute Gasteiger partial charge is 0.235 e. The maximum absolute atomic E-state index is 6.65. The van der Waals surface area contributed by atoms with Gasteiger partial charge in [0.25, 0.3) is 0 Å². The Bertz CT molecular complexity index is 3180. The molecule has 0 atom stereocenters. The lowest BCUT2D eigenvalue weighted by molar-refractivity contribution is 0.670. The third kappa shape index (κ3) is 4.34. The molecule has 8 aromatic carbocycles. The standard InChI is InChI=1S/C48H29N3O/c1-3-14-30(15-4-1)38-28-41-42(29-39(38)31-16-5-2-6-17-31)49-48(50-46(41)37-23-13-22-36-35-21-10-12-25-45(35)52-47(36)37)51-43-24-11-9-20-34(43)40-26-32-18-7-8-19-33(32)27-44(40)51/h1-29H. The summed E-state index contributed by atoms with van der Waals surface area (Å²) >= 11 is 0. The van der Waals surface area contributed by atoms with E-state index in [1.807, 2.05) is 12.1 Å². The fraction of sp³-hybridized carbons (Fsp3) is 0. The largest absolute Gasteiger partial charge is 0.455 e. The number of rotatable bonds is 4. The van der Waals surface area contributed by atoms with Gasteiger partial charge in [0.1, 0.15) is 11.2 Å². The molecule has 0 amide bonds. The van der Waals surface area contributed by atoms with E-state index < -0.39 is 0 Å². The molecule has 0 saturated carbocycles. The first-order valence-corrected chi connectivity index (χ1v) is 17.6. The van der Waals surface area contributed by atoms with Crippen LogP contribution in [0.2, 0.25) is 0 Å². The van der Waals surface area contributed by atoms with Crippen LogP contribution in [-0.4, -0.2) is 14.5 Å². The van der Waals surface area contributed by atoms with Crippen LogP contribution >= 0.6 is 0 Å². The molecule has 0 spiro atoms. The lowest BCUT2D eigenvalue weighted by Crippen LogP contribution is -2.04. The number of hydrogen-bond acceptors (Lipinski definition) is 3. The van der Waals surface area contributed by atoms with E-state index in [-0.39, 0.29) is 0 Å². The van der Waals surface area contributed by atoms with Crippen molar-refractivity contribution in [1.29, 1.82) is 0 Å². The zero-order valence-corrected chi connectivity index (χ0v) is 28.0. The summed E-state index contributed by atoms with van der Waals surface area (Å²) in [6.45, 7) is 0. The van der Waals surface area contributed by atoms with Gasteiger partial charge in [-0.1, -0.05) is 133 Å². The topological polar surface area (TPSA) is 43.9 Å². The quantitative estimate of drug-likeness (QED) is 0.188. The molecular weight excluding hydrogens is 635 g/mol. The summed E-state index contributed by atoms with van der Waals surface area (Å²) in [5.41, 5.74) is 10.9. The summed E-state index contributed by atoms with van der Waals surface area (Å²) in [4.78, 5) is 11.0. The number of furan rings is 1. The molecular formula is C48H29N3O. The highest BCUT2D eigenvalue weighted by Gasteiger charge is 2.22. The average Bonchev–Trinajstić information content (AvgIpc) is 3.75. The lowest BCUT2D eigenvalue weighted by Gasteiger charge is -2.16. The first-order chi connectivity index (χ1) is 25.8. The van der Waals surface area contributed by atoms with Crippen LogP contribution < -0.4 is 0 Å². The molecule has 0 fully saturated rings. The Morgan fingerprint density at radius 3 is 1.83 bits per heavy atom. The van der Waals surface area contributed by atoms with Gasteiger partial charge in [0.05, 0.1) is 22.2 Å². The average molecular weight is 664 g/mol. The first kappa shape index (κ1) is 28.8. The Morgan fingerprint density at radius 2 is 1.04 bits per heavy atom. The van der Waals surface area contributed by atoms with Crippen molar-refractivity contribution in [2.75, 3.05) is 0 Å². The molecule has 0 saturated heterocycles. The van der Waals surface area contributed by atoms with Crippen LogP contribution in [0.4, 0.5) is 0 Å². The van der Waals surface area contributed by atoms with Gasteiger partial charge in [0, 0.05) is 32.5 Å². The number of para-hydroxylation sites is 3. The second-order valence-electron chi connectivity index (χ2n) is 13.4. The lowest BCUT2D eigenvalue weighted by atomic mass is 9.91. The molecule has 11 rings (SSSR count). The number of fused-ring (bicyclic) bond motifs is 8. The van der Waals surface area contributed by atoms with Crippen LogP contribution in [0.1, 0.15) is 0 Å². The van der Waals surface area contributed by atoms with E-state index in [2.05, 4.69) is 168 Å². The molecule has 242 valence electrons. The molecule has 0 aliphatic heterocycles.